The largest absolute Gasteiger partial charge is 0.492 e. The summed E-state index contributed by atoms with van der Waals surface area (Å²) in [5, 5.41) is 3.93. The SMILES string of the molecule is Cc1cc(Nc2cc(OCCN3C[C@H](C)N(Sc4c(F)cccc4F)C[C@@H]3C)cc(C(F)(F)F)c2)c2ccccc2n1. The Hall–Kier alpha value is -3.41. The molecule has 0 radical (unpaired) electrons. The number of alkyl halides is 3. The van der Waals surface area contributed by atoms with E-state index in [9.17, 15) is 22.0 Å². The Bertz CT molecular complexity index is 1550. The maximum atomic E-state index is 14.2. The normalized spacial score (nSPS) is 18.4. The van der Waals surface area contributed by atoms with Crippen molar-refractivity contribution in [1.29, 1.82) is 0 Å². The van der Waals surface area contributed by atoms with Crippen LogP contribution in [0, 0.1) is 18.6 Å². The number of hydrogen-bond donors (Lipinski definition) is 1. The maximum Gasteiger partial charge on any atom is 0.416 e. The van der Waals surface area contributed by atoms with Crippen LogP contribution in [-0.2, 0) is 6.18 Å². The van der Waals surface area contributed by atoms with Crippen LogP contribution in [0.25, 0.3) is 10.9 Å². The molecule has 2 atom stereocenters. The Kier molecular flexibility index (Phi) is 8.91. The van der Waals surface area contributed by atoms with Crippen LogP contribution >= 0.6 is 11.9 Å². The number of piperazine rings is 1. The lowest BCUT2D eigenvalue weighted by atomic mass is 10.1. The van der Waals surface area contributed by atoms with Gasteiger partial charge in [-0.25, -0.2) is 13.1 Å². The van der Waals surface area contributed by atoms with Gasteiger partial charge in [-0.15, -0.1) is 0 Å². The molecule has 2 heterocycles. The standard InChI is InChI=1S/C31H31F5N4OS/c1-19-13-29(25-7-4-5-10-28(25)37-19)38-23-14-22(31(34,35)36)15-24(16-23)41-12-11-39-17-21(3)40(18-20(39)2)42-30-26(32)8-6-9-27(30)33/h4-10,13-16,20-21H,11-12,17-18H2,1-3H3,(H,37,38)/t20-,21-/m0/s1. The monoisotopic (exact) mass is 602 g/mol. The van der Waals surface area contributed by atoms with Gasteiger partial charge in [-0.1, -0.05) is 24.3 Å². The molecule has 1 saturated heterocycles. The number of fused-ring (bicyclic) bond motifs is 1. The molecule has 42 heavy (non-hydrogen) atoms. The number of anilines is 2. The number of pyridine rings is 1. The number of nitrogens with zero attached hydrogens (tertiary/aromatic N) is 3. The Balaban J connectivity index is 1.26. The first-order chi connectivity index (χ1) is 20.0. The van der Waals surface area contributed by atoms with E-state index in [2.05, 4.69) is 15.2 Å². The van der Waals surface area contributed by atoms with Crippen molar-refractivity contribution in [3.8, 4) is 5.75 Å². The van der Waals surface area contributed by atoms with Gasteiger partial charge >= 0.3 is 6.18 Å². The van der Waals surface area contributed by atoms with Gasteiger partial charge in [0, 0.05) is 60.2 Å². The molecule has 1 aliphatic heterocycles. The number of rotatable bonds is 8. The molecule has 1 fully saturated rings. The van der Waals surface area contributed by atoms with Crippen LogP contribution in [0.1, 0.15) is 25.1 Å². The van der Waals surface area contributed by atoms with E-state index in [1.54, 1.807) is 12.1 Å². The summed E-state index contributed by atoms with van der Waals surface area (Å²) < 4.78 is 77.6. The van der Waals surface area contributed by atoms with Crippen LogP contribution in [0.2, 0.25) is 0 Å². The van der Waals surface area contributed by atoms with Crippen LogP contribution in [0.4, 0.5) is 33.3 Å². The Morgan fingerprint density at radius 1 is 0.952 bits per heavy atom. The predicted octanol–water partition coefficient (Wildman–Crippen LogP) is 8.06. The van der Waals surface area contributed by atoms with Crippen molar-refractivity contribution in [2.45, 2.75) is 43.9 Å². The van der Waals surface area contributed by atoms with E-state index < -0.39 is 23.4 Å². The lowest BCUT2D eigenvalue weighted by Gasteiger charge is -2.43. The van der Waals surface area contributed by atoms with E-state index in [0.717, 1.165) is 40.7 Å². The summed E-state index contributed by atoms with van der Waals surface area (Å²) in [6.07, 6.45) is -4.55. The van der Waals surface area contributed by atoms with Gasteiger partial charge in [0.1, 0.15) is 24.0 Å². The number of benzene rings is 3. The number of ether oxygens (including phenoxy) is 1. The van der Waals surface area contributed by atoms with Crippen LogP contribution in [-0.4, -0.2) is 52.5 Å². The van der Waals surface area contributed by atoms with Crippen LogP contribution in [0.3, 0.4) is 0 Å². The molecule has 0 unspecified atom stereocenters. The molecule has 0 amide bonds. The van der Waals surface area contributed by atoms with Crippen molar-refractivity contribution in [3.05, 3.63) is 89.6 Å². The van der Waals surface area contributed by atoms with Crippen molar-refractivity contribution >= 4 is 34.2 Å². The fourth-order valence-electron chi connectivity index (χ4n) is 5.06. The zero-order chi connectivity index (χ0) is 30.0. The minimum atomic E-state index is -4.55. The van der Waals surface area contributed by atoms with E-state index in [1.165, 1.54) is 18.2 Å². The number of para-hydroxylation sites is 1. The van der Waals surface area contributed by atoms with Gasteiger partial charge in [0.05, 0.1) is 16.0 Å². The second kappa shape index (κ2) is 12.4. The second-order valence-corrected chi connectivity index (χ2v) is 11.5. The first-order valence-corrected chi connectivity index (χ1v) is 14.4. The van der Waals surface area contributed by atoms with Gasteiger partial charge in [-0.2, -0.15) is 13.2 Å². The highest BCUT2D eigenvalue weighted by molar-refractivity contribution is 7.97. The molecular formula is C31H31F5N4OS. The summed E-state index contributed by atoms with van der Waals surface area (Å²) in [6.45, 7) is 7.62. The predicted molar refractivity (Wildman–Crippen MR) is 156 cm³/mol. The number of halogens is 5. The van der Waals surface area contributed by atoms with Gasteiger partial charge in [0.2, 0.25) is 0 Å². The smallest absolute Gasteiger partial charge is 0.416 e. The molecule has 0 spiro atoms. The summed E-state index contributed by atoms with van der Waals surface area (Å²) in [6, 6.07) is 16.7. The summed E-state index contributed by atoms with van der Waals surface area (Å²) in [5.41, 5.74) is 1.57. The minimum Gasteiger partial charge on any atom is -0.492 e. The molecule has 5 nitrogen and oxygen atoms in total. The molecule has 3 aromatic carbocycles. The Labute approximate surface area is 245 Å². The number of aromatic nitrogens is 1. The van der Waals surface area contributed by atoms with Crippen molar-refractivity contribution in [3.63, 3.8) is 0 Å². The van der Waals surface area contributed by atoms with Crippen LogP contribution in [0.15, 0.2) is 71.6 Å². The Morgan fingerprint density at radius 3 is 2.43 bits per heavy atom. The molecule has 0 aliphatic carbocycles. The summed E-state index contributed by atoms with van der Waals surface area (Å²) in [5.74, 6) is -1.09. The van der Waals surface area contributed by atoms with E-state index in [1.807, 2.05) is 49.3 Å². The third kappa shape index (κ3) is 6.96. The molecule has 222 valence electrons. The molecule has 1 aromatic heterocycles. The maximum absolute atomic E-state index is 14.2. The third-order valence-electron chi connectivity index (χ3n) is 7.19. The first-order valence-electron chi connectivity index (χ1n) is 13.6. The number of hydrogen-bond acceptors (Lipinski definition) is 6. The van der Waals surface area contributed by atoms with E-state index in [0.29, 0.717) is 25.3 Å². The molecule has 5 rings (SSSR count). The van der Waals surface area contributed by atoms with Gasteiger partial charge in [0.25, 0.3) is 0 Å². The molecule has 0 bridgehead atoms. The van der Waals surface area contributed by atoms with Crippen LogP contribution < -0.4 is 10.1 Å². The minimum absolute atomic E-state index is 0.0202. The lowest BCUT2D eigenvalue weighted by molar-refractivity contribution is -0.137. The fraction of sp³-hybridized carbons (Fsp3) is 0.323. The molecule has 4 aromatic rings. The highest BCUT2D eigenvalue weighted by Crippen LogP contribution is 2.36. The van der Waals surface area contributed by atoms with Gasteiger partial charge in [-0.3, -0.25) is 9.88 Å². The molecule has 1 aliphatic rings. The molecule has 11 heteroatoms. The third-order valence-corrected chi connectivity index (χ3v) is 8.51. The van der Waals surface area contributed by atoms with Crippen molar-refractivity contribution in [2.75, 3.05) is 31.6 Å². The zero-order valence-corrected chi connectivity index (χ0v) is 24.2. The average Bonchev–Trinajstić information content (AvgIpc) is 2.92. The number of nitrogens with one attached hydrogen (secondary N) is 1. The summed E-state index contributed by atoms with van der Waals surface area (Å²) >= 11 is 1.07. The zero-order valence-electron chi connectivity index (χ0n) is 23.4. The highest BCUT2D eigenvalue weighted by Gasteiger charge is 2.33. The quantitative estimate of drug-likeness (QED) is 0.163. The first kappa shape index (κ1) is 30.1. The fourth-order valence-corrected chi connectivity index (χ4v) is 6.14. The summed E-state index contributed by atoms with van der Waals surface area (Å²) in [4.78, 5) is 6.63. The molecular weight excluding hydrogens is 571 g/mol. The summed E-state index contributed by atoms with van der Waals surface area (Å²) in [7, 11) is 0. The highest BCUT2D eigenvalue weighted by atomic mass is 32.2. The van der Waals surface area contributed by atoms with Crippen molar-refractivity contribution < 1.29 is 26.7 Å². The topological polar surface area (TPSA) is 40.6 Å². The molecule has 1 N–H and O–H groups in total. The average molecular weight is 603 g/mol. The van der Waals surface area contributed by atoms with Gasteiger partial charge < -0.3 is 10.1 Å². The van der Waals surface area contributed by atoms with Gasteiger partial charge in [-0.05, 0) is 69.1 Å². The van der Waals surface area contributed by atoms with Crippen molar-refractivity contribution in [2.24, 2.45) is 0 Å². The Morgan fingerprint density at radius 2 is 1.69 bits per heavy atom. The number of aryl methyl sites for hydroxylation is 1. The van der Waals surface area contributed by atoms with Crippen LogP contribution in [0.5, 0.6) is 5.75 Å². The van der Waals surface area contributed by atoms with E-state index in [4.69, 9.17) is 4.74 Å². The second-order valence-electron chi connectivity index (χ2n) is 10.5. The van der Waals surface area contributed by atoms with Gasteiger partial charge in [0.15, 0.2) is 0 Å². The molecule has 0 saturated carbocycles. The lowest BCUT2D eigenvalue weighted by Crippen LogP contribution is -2.54. The van der Waals surface area contributed by atoms with Crippen molar-refractivity contribution in [1.82, 2.24) is 14.2 Å². The van der Waals surface area contributed by atoms with E-state index >= 15 is 0 Å². The van der Waals surface area contributed by atoms with E-state index in [-0.39, 0.29) is 35.0 Å².